The van der Waals surface area contributed by atoms with Crippen molar-refractivity contribution in [2.75, 3.05) is 31.1 Å². The molecule has 9 heteroatoms. The number of piperidine rings is 1. The number of imidazole rings is 1. The number of rotatable bonds is 9. The van der Waals surface area contributed by atoms with E-state index < -0.39 is 4.92 Å². The van der Waals surface area contributed by atoms with Crippen molar-refractivity contribution in [3.8, 4) is 11.1 Å². The summed E-state index contributed by atoms with van der Waals surface area (Å²) >= 11 is 0. The first-order chi connectivity index (χ1) is 16.5. The van der Waals surface area contributed by atoms with Gasteiger partial charge in [0.25, 0.3) is 0 Å². The second-order valence-electron chi connectivity index (χ2n) is 8.72. The molecule has 1 aliphatic heterocycles. The van der Waals surface area contributed by atoms with Crippen molar-refractivity contribution < 1.29 is 9.31 Å². The molecule has 3 N–H and O–H groups in total. The number of nitrogens with zero attached hydrogens (tertiary/aromatic N) is 4. The van der Waals surface area contributed by atoms with Crippen molar-refractivity contribution in [1.29, 1.82) is 0 Å². The van der Waals surface area contributed by atoms with Crippen molar-refractivity contribution >= 4 is 11.5 Å². The Balaban J connectivity index is 1.62. The van der Waals surface area contributed by atoms with Gasteiger partial charge in [-0.1, -0.05) is 18.2 Å². The van der Waals surface area contributed by atoms with Gasteiger partial charge in [0.2, 0.25) is 0 Å². The highest BCUT2D eigenvalue weighted by Crippen LogP contribution is 2.31. The third-order valence-corrected chi connectivity index (χ3v) is 6.45. The molecule has 4 rings (SSSR count). The Morgan fingerprint density at radius 1 is 1.24 bits per heavy atom. The van der Waals surface area contributed by atoms with Crippen LogP contribution in [-0.2, 0) is 6.54 Å². The summed E-state index contributed by atoms with van der Waals surface area (Å²) in [5, 5.41) is 15.1. The van der Waals surface area contributed by atoms with E-state index in [9.17, 15) is 14.5 Å². The number of nitrogens with two attached hydrogens (primary N) is 1. The van der Waals surface area contributed by atoms with Crippen LogP contribution < -0.4 is 16.0 Å². The minimum atomic E-state index is -0.422. The first-order valence-corrected chi connectivity index (χ1v) is 11.7. The van der Waals surface area contributed by atoms with Crippen LogP contribution in [0.3, 0.4) is 0 Å². The molecule has 1 saturated heterocycles. The van der Waals surface area contributed by atoms with Crippen LogP contribution in [0.25, 0.3) is 11.1 Å². The Hall–Kier alpha value is -3.30. The predicted octanol–water partition coefficient (Wildman–Crippen LogP) is 3.86. The summed E-state index contributed by atoms with van der Waals surface area (Å²) in [5.74, 6) is 0.186. The standard InChI is InChI=1S/C25H31FN6O2/c1-18-29-16-25(32(33)34)31(18)17-20-15-23(6-7-24(20)19-4-2-5-21(26)14-19)30-12-8-22(9-13-30)28-11-3-10-27/h2,4-7,14-16,22,28H,3,8-13,17,27H2,1H3. The Bertz CT molecular complexity index is 1140. The lowest BCUT2D eigenvalue weighted by Crippen LogP contribution is -2.43. The second-order valence-corrected chi connectivity index (χ2v) is 8.72. The van der Waals surface area contributed by atoms with E-state index in [4.69, 9.17) is 5.73 Å². The fourth-order valence-electron chi connectivity index (χ4n) is 4.56. The monoisotopic (exact) mass is 466 g/mol. The third-order valence-electron chi connectivity index (χ3n) is 6.45. The van der Waals surface area contributed by atoms with Crippen molar-refractivity contribution in [2.45, 2.75) is 38.8 Å². The summed E-state index contributed by atoms with van der Waals surface area (Å²) < 4.78 is 15.6. The molecule has 34 heavy (non-hydrogen) atoms. The maximum absolute atomic E-state index is 14.0. The number of anilines is 1. The lowest BCUT2D eigenvalue weighted by atomic mass is 9.97. The molecule has 1 aliphatic rings. The maximum atomic E-state index is 14.0. The zero-order valence-corrected chi connectivity index (χ0v) is 19.4. The van der Waals surface area contributed by atoms with Gasteiger partial charge in [-0.15, -0.1) is 0 Å². The molecule has 2 aromatic carbocycles. The number of hydrogen-bond acceptors (Lipinski definition) is 6. The minimum Gasteiger partial charge on any atom is -0.371 e. The van der Waals surface area contributed by atoms with Crippen LogP contribution in [0.15, 0.2) is 48.7 Å². The van der Waals surface area contributed by atoms with Gasteiger partial charge in [0, 0.05) is 37.3 Å². The second kappa shape index (κ2) is 10.8. The van der Waals surface area contributed by atoms with Crippen molar-refractivity contribution in [3.05, 3.63) is 76.0 Å². The van der Waals surface area contributed by atoms with E-state index in [1.165, 1.54) is 18.3 Å². The zero-order valence-electron chi connectivity index (χ0n) is 19.4. The summed E-state index contributed by atoms with van der Waals surface area (Å²) in [5.41, 5.74) is 9.13. The smallest absolute Gasteiger partial charge is 0.343 e. The van der Waals surface area contributed by atoms with Gasteiger partial charge in [-0.3, -0.25) is 0 Å². The first-order valence-electron chi connectivity index (χ1n) is 11.7. The Morgan fingerprint density at radius 2 is 2.03 bits per heavy atom. The fourth-order valence-corrected chi connectivity index (χ4v) is 4.56. The largest absolute Gasteiger partial charge is 0.371 e. The topological polar surface area (TPSA) is 102 Å². The summed E-state index contributed by atoms with van der Waals surface area (Å²) in [6.45, 7) is 5.50. The molecule has 0 amide bonds. The molecule has 0 atom stereocenters. The van der Waals surface area contributed by atoms with Gasteiger partial charge in [-0.2, -0.15) is 0 Å². The third kappa shape index (κ3) is 5.43. The molecule has 0 spiro atoms. The molecule has 1 aromatic heterocycles. The highest BCUT2D eigenvalue weighted by Gasteiger charge is 2.22. The highest BCUT2D eigenvalue weighted by atomic mass is 19.1. The van der Waals surface area contributed by atoms with Crippen LogP contribution in [0, 0.1) is 22.9 Å². The van der Waals surface area contributed by atoms with E-state index >= 15 is 0 Å². The molecule has 8 nitrogen and oxygen atoms in total. The molecule has 0 aliphatic carbocycles. The first kappa shape index (κ1) is 23.8. The quantitative estimate of drug-likeness (QED) is 0.282. The van der Waals surface area contributed by atoms with Crippen LogP contribution in [0.5, 0.6) is 0 Å². The van der Waals surface area contributed by atoms with Crippen molar-refractivity contribution in [3.63, 3.8) is 0 Å². The molecule has 2 heterocycles. The van der Waals surface area contributed by atoms with Crippen molar-refractivity contribution in [2.24, 2.45) is 5.73 Å². The number of benzene rings is 2. The number of hydrogen-bond donors (Lipinski definition) is 2. The lowest BCUT2D eigenvalue weighted by molar-refractivity contribution is -0.392. The molecule has 0 radical (unpaired) electrons. The predicted molar refractivity (Wildman–Crippen MR) is 131 cm³/mol. The van der Waals surface area contributed by atoms with E-state index in [0.717, 1.165) is 61.3 Å². The van der Waals surface area contributed by atoms with Crippen LogP contribution in [0.2, 0.25) is 0 Å². The van der Waals surface area contributed by atoms with Crippen LogP contribution in [-0.4, -0.2) is 46.7 Å². The average Bonchev–Trinajstić information content (AvgIpc) is 3.20. The molecule has 3 aromatic rings. The number of nitrogens with one attached hydrogen (secondary N) is 1. The average molecular weight is 467 g/mol. The van der Waals surface area contributed by atoms with Gasteiger partial charge in [0.15, 0.2) is 5.82 Å². The molecular weight excluding hydrogens is 435 g/mol. The van der Waals surface area contributed by atoms with E-state index in [1.807, 2.05) is 12.1 Å². The lowest BCUT2D eigenvalue weighted by Gasteiger charge is -2.34. The number of aromatic nitrogens is 2. The van der Waals surface area contributed by atoms with E-state index in [-0.39, 0.29) is 18.2 Å². The molecular formula is C25H31FN6O2. The zero-order chi connectivity index (χ0) is 24.1. The molecule has 0 bridgehead atoms. The van der Waals surface area contributed by atoms with Gasteiger partial charge in [0.1, 0.15) is 18.6 Å². The van der Waals surface area contributed by atoms with Crippen LogP contribution in [0.1, 0.15) is 30.7 Å². The maximum Gasteiger partial charge on any atom is 0.343 e. The SMILES string of the molecule is Cc1ncc([N+](=O)[O-])n1Cc1cc(N2CCC(NCCCN)CC2)ccc1-c1cccc(F)c1. The van der Waals surface area contributed by atoms with E-state index in [2.05, 4.69) is 27.3 Å². The molecule has 0 saturated carbocycles. The summed E-state index contributed by atoms with van der Waals surface area (Å²) in [6, 6.07) is 13.0. The van der Waals surface area contributed by atoms with E-state index in [1.54, 1.807) is 17.6 Å². The van der Waals surface area contributed by atoms with Gasteiger partial charge >= 0.3 is 5.82 Å². The van der Waals surface area contributed by atoms with Crippen LogP contribution >= 0.6 is 0 Å². The summed E-state index contributed by atoms with van der Waals surface area (Å²) in [7, 11) is 0. The van der Waals surface area contributed by atoms with Crippen molar-refractivity contribution in [1.82, 2.24) is 14.9 Å². The number of nitro groups is 1. The number of aryl methyl sites for hydroxylation is 1. The van der Waals surface area contributed by atoms with Gasteiger partial charge in [-0.05, 0) is 72.7 Å². The normalized spacial score (nSPS) is 14.5. The molecule has 0 unspecified atom stereocenters. The van der Waals surface area contributed by atoms with Gasteiger partial charge < -0.3 is 26.1 Å². The minimum absolute atomic E-state index is 0.0579. The Kier molecular flexibility index (Phi) is 7.54. The van der Waals surface area contributed by atoms with Gasteiger partial charge in [0.05, 0.1) is 0 Å². The molecule has 180 valence electrons. The highest BCUT2D eigenvalue weighted by molar-refractivity contribution is 5.71. The Labute approximate surface area is 198 Å². The van der Waals surface area contributed by atoms with Crippen LogP contribution in [0.4, 0.5) is 15.9 Å². The summed E-state index contributed by atoms with van der Waals surface area (Å²) in [6.07, 6.45) is 4.34. The number of halogens is 1. The fraction of sp³-hybridized carbons (Fsp3) is 0.400. The summed E-state index contributed by atoms with van der Waals surface area (Å²) in [4.78, 5) is 17.6. The van der Waals surface area contributed by atoms with Gasteiger partial charge in [-0.25, -0.2) is 13.9 Å². The molecule has 1 fully saturated rings. The van der Waals surface area contributed by atoms with E-state index in [0.29, 0.717) is 18.4 Å². The Morgan fingerprint density at radius 3 is 2.74 bits per heavy atom.